The Hall–Kier alpha value is -1.26. The highest BCUT2D eigenvalue weighted by atomic mass is 35.5. The third kappa shape index (κ3) is 3.16. The zero-order chi connectivity index (χ0) is 15.8. The summed E-state index contributed by atoms with van der Waals surface area (Å²) in [6.07, 6.45) is 0. The average molecular weight is 310 g/mol. The summed E-state index contributed by atoms with van der Waals surface area (Å²) < 4.78 is 7.54. The van der Waals surface area contributed by atoms with Crippen LogP contribution in [-0.4, -0.2) is 41.2 Å². The molecule has 0 bridgehead atoms. The summed E-state index contributed by atoms with van der Waals surface area (Å²) in [5, 5.41) is -0.138. The molecule has 0 saturated heterocycles. The molecule has 2 rings (SSSR count). The number of methoxy groups -OCH3 is 1. The minimum Gasteiger partial charge on any atom is -0.497 e. The first-order chi connectivity index (χ1) is 9.76. The largest absolute Gasteiger partial charge is 0.497 e. The molecule has 1 atom stereocenters. The van der Waals surface area contributed by atoms with E-state index in [9.17, 15) is 0 Å². The second kappa shape index (κ2) is 5.85. The molecule has 1 heterocycles. The van der Waals surface area contributed by atoms with Gasteiger partial charge in [-0.25, -0.2) is 4.98 Å². The molecule has 0 fully saturated rings. The van der Waals surface area contributed by atoms with Crippen LogP contribution in [-0.2, 0) is 6.54 Å². The van der Waals surface area contributed by atoms with Crippen molar-refractivity contribution in [3.8, 4) is 5.75 Å². The standard InChI is InChI=1S/C16H24ClN3O/c1-11(17)15-18-13-8-7-12(21-6)9-14(13)20(15)10-16(2,3)19(4)5/h7-9,11H,10H2,1-6H3. The molecule has 0 aliphatic rings. The van der Waals surface area contributed by atoms with Gasteiger partial charge < -0.3 is 14.2 Å². The number of hydrogen-bond acceptors (Lipinski definition) is 3. The fraction of sp³-hybridized carbons (Fsp3) is 0.562. The fourth-order valence-electron chi connectivity index (χ4n) is 2.25. The average Bonchev–Trinajstić information content (AvgIpc) is 2.76. The van der Waals surface area contributed by atoms with Crippen LogP contribution in [0.3, 0.4) is 0 Å². The van der Waals surface area contributed by atoms with E-state index in [0.717, 1.165) is 29.2 Å². The van der Waals surface area contributed by atoms with E-state index in [1.54, 1.807) is 7.11 Å². The van der Waals surface area contributed by atoms with Crippen molar-refractivity contribution in [1.82, 2.24) is 14.5 Å². The number of nitrogens with zero attached hydrogens (tertiary/aromatic N) is 3. The van der Waals surface area contributed by atoms with Gasteiger partial charge in [-0.3, -0.25) is 0 Å². The van der Waals surface area contributed by atoms with Crippen LogP contribution < -0.4 is 4.74 Å². The molecule has 1 aromatic carbocycles. The van der Waals surface area contributed by atoms with Gasteiger partial charge in [0, 0.05) is 18.2 Å². The van der Waals surface area contributed by atoms with Crippen molar-refractivity contribution in [2.24, 2.45) is 0 Å². The smallest absolute Gasteiger partial charge is 0.127 e. The molecule has 2 aromatic rings. The van der Waals surface area contributed by atoms with Gasteiger partial charge in [0.25, 0.3) is 0 Å². The van der Waals surface area contributed by atoms with Crippen LogP contribution in [0.5, 0.6) is 5.75 Å². The fourth-order valence-corrected chi connectivity index (χ4v) is 2.41. The van der Waals surface area contributed by atoms with Crippen molar-refractivity contribution in [3.05, 3.63) is 24.0 Å². The first-order valence-electron chi connectivity index (χ1n) is 7.12. The number of imidazole rings is 1. The van der Waals surface area contributed by atoms with Crippen LogP contribution in [0, 0.1) is 0 Å². The molecule has 0 saturated carbocycles. The first-order valence-corrected chi connectivity index (χ1v) is 7.55. The van der Waals surface area contributed by atoms with Gasteiger partial charge in [0.1, 0.15) is 11.6 Å². The van der Waals surface area contributed by atoms with E-state index in [-0.39, 0.29) is 10.9 Å². The third-order valence-corrected chi connectivity index (χ3v) is 4.29. The van der Waals surface area contributed by atoms with Gasteiger partial charge in [0.15, 0.2) is 0 Å². The van der Waals surface area contributed by atoms with Gasteiger partial charge in [-0.2, -0.15) is 0 Å². The van der Waals surface area contributed by atoms with Gasteiger partial charge in [0.2, 0.25) is 0 Å². The normalized spacial score (nSPS) is 13.9. The molecule has 0 N–H and O–H groups in total. The second-order valence-electron chi connectivity index (χ2n) is 6.23. The summed E-state index contributed by atoms with van der Waals surface area (Å²) in [5.74, 6) is 1.73. The summed E-state index contributed by atoms with van der Waals surface area (Å²) >= 11 is 6.33. The van der Waals surface area contributed by atoms with E-state index < -0.39 is 0 Å². The van der Waals surface area contributed by atoms with Crippen molar-refractivity contribution in [2.45, 2.75) is 38.2 Å². The number of aromatic nitrogens is 2. The maximum atomic E-state index is 6.33. The van der Waals surface area contributed by atoms with Crippen LogP contribution in [0.15, 0.2) is 18.2 Å². The van der Waals surface area contributed by atoms with Gasteiger partial charge in [-0.1, -0.05) is 0 Å². The molecule has 0 aliphatic carbocycles. The molecule has 5 heteroatoms. The van der Waals surface area contributed by atoms with Crippen molar-refractivity contribution < 1.29 is 4.74 Å². The highest BCUT2D eigenvalue weighted by Gasteiger charge is 2.25. The highest BCUT2D eigenvalue weighted by Crippen LogP contribution is 2.29. The summed E-state index contributed by atoms with van der Waals surface area (Å²) in [4.78, 5) is 6.90. The molecule has 116 valence electrons. The van der Waals surface area contributed by atoms with E-state index in [4.69, 9.17) is 16.3 Å². The Balaban J connectivity index is 2.59. The van der Waals surface area contributed by atoms with E-state index in [0.29, 0.717) is 0 Å². The zero-order valence-corrected chi connectivity index (χ0v) is 14.4. The molecule has 0 radical (unpaired) electrons. The SMILES string of the molecule is COc1ccc2nc(C(C)Cl)n(CC(C)(C)N(C)C)c2c1. The Morgan fingerprint density at radius 2 is 2.05 bits per heavy atom. The lowest BCUT2D eigenvalue weighted by Crippen LogP contribution is -2.42. The molecule has 21 heavy (non-hydrogen) atoms. The number of ether oxygens (including phenoxy) is 1. The Morgan fingerprint density at radius 3 is 2.57 bits per heavy atom. The number of hydrogen-bond donors (Lipinski definition) is 0. The summed E-state index contributed by atoms with van der Waals surface area (Å²) in [6.45, 7) is 7.19. The Kier molecular flexibility index (Phi) is 4.49. The van der Waals surface area contributed by atoms with Gasteiger partial charge in [-0.15, -0.1) is 11.6 Å². The zero-order valence-electron chi connectivity index (χ0n) is 13.6. The van der Waals surface area contributed by atoms with Crippen molar-refractivity contribution in [3.63, 3.8) is 0 Å². The predicted octanol–water partition coefficient (Wildman–Crippen LogP) is 3.68. The monoisotopic (exact) mass is 309 g/mol. The molecule has 4 nitrogen and oxygen atoms in total. The number of fused-ring (bicyclic) bond motifs is 1. The Morgan fingerprint density at radius 1 is 1.38 bits per heavy atom. The Bertz CT molecular complexity index is 632. The molecular formula is C16H24ClN3O. The van der Waals surface area contributed by atoms with Crippen LogP contribution >= 0.6 is 11.6 Å². The first kappa shape index (κ1) is 16.1. The summed E-state index contributed by atoms with van der Waals surface area (Å²) in [6, 6.07) is 5.94. The van der Waals surface area contributed by atoms with Crippen LogP contribution in [0.25, 0.3) is 11.0 Å². The maximum absolute atomic E-state index is 6.33. The van der Waals surface area contributed by atoms with Crippen LogP contribution in [0.2, 0.25) is 0 Å². The van der Waals surface area contributed by atoms with Crippen molar-refractivity contribution in [2.75, 3.05) is 21.2 Å². The number of alkyl halides is 1. The van der Waals surface area contributed by atoms with Crippen LogP contribution in [0.4, 0.5) is 0 Å². The lowest BCUT2D eigenvalue weighted by molar-refractivity contribution is 0.170. The van der Waals surface area contributed by atoms with E-state index in [1.165, 1.54) is 0 Å². The minimum atomic E-state index is -0.138. The third-order valence-electron chi connectivity index (χ3n) is 4.10. The lowest BCUT2D eigenvalue weighted by atomic mass is 10.0. The number of rotatable bonds is 5. The van der Waals surface area contributed by atoms with Crippen LogP contribution in [0.1, 0.15) is 32.0 Å². The number of likely N-dealkylation sites (N-methyl/N-ethyl adjacent to an activating group) is 1. The van der Waals surface area contributed by atoms with E-state index in [2.05, 4.69) is 42.4 Å². The minimum absolute atomic E-state index is 0.00274. The van der Waals surface area contributed by atoms with Gasteiger partial charge in [-0.05, 0) is 47.0 Å². The Labute approximate surface area is 131 Å². The number of halogens is 1. The van der Waals surface area contributed by atoms with Crippen molar-refractivity contribution >= 4 is 22.6 Å². The van der Waals surface area contributed by atoms with E-state index >= 15 is 0 Å². The summed E-state index contributed by atoms with van der Waals surface area (Å²) in [7, 11) is 5.85. The molecule has 1 aromatic heterocycles. The number of benzene rings is 1. The van der Waals surface area contributed by atoms with E-state index in [1.807, 2.05) is 25.1 Å². The van der Waals surface area contributed by atoms with Gasteiger partial charge >= 0.3 is 0 Å². The highest BCUT2D eigenvalue weighted by molar-refractivity contribution is 6.20. The molecular weight excluding hydrogens is 286 g/mol. The quantitative estimate of drug-likeness (QED) is 0.789. The molecule has 0 aliphatic heterocycles. The van der Waals surface area contributed by atoms with Gasteiger partial charge in [0.05, 0.1) is 23.5 Å². The lowest BCUT2D eigenvalue weighted by Gasteiger charge is -2.33. The molecule has 0 spiro atoms. The predicted molar refractivity (Wildman–Crippen MR) is 88.3 cm³/mol. The molecule has 1 unspecified atom stereocenters. The second-order valence-corrected chi connectivity index (χ2v) is 6.89. The van der Waals surface area contributed by atoms with Crippen molar-refractivity contribution in [1.29, 1.82) is 0 Å². The molecule has 0 amide bonds. The maximum Gasteiger partial charge on any atom is 0.127 e. The summed E-state index contributed by atoms with van der Waals surface area (Å²) in [5.41, 5.74) is 2.01. The topological polar surface area (TPSA) is 30.3 Å².